The molecule has 4 nitrogen and oxygen atoms in total. The van der Waals surface area contributed by atoms with Crippen molar-refractivity contribution in [3.05, 3.63) is 58.1 Å². The topological polar surface area (TPSA) is 55.4 Å². The minimum absolute atomic E-state index is 0.317. The van der Waals surface area contributed by atoms with Crippen molar-refractivity contribution in [3.8, 4) is 11.1 Å². The highest BCUT2D eigenvalue weighted by atomic mass is 35.5. The van der Waals surface area contributed by atoms with Gasteiger partial charge in [-0.25, -0.2) is 4.79 Å². The Balaban J connectivity index is 1.77. The number of halogens is 2. The van der Waals surface area contributed by atoms with Crippen LogP contribution in [-0.4, -0.2) is 25.0 Å². The molecule has 3 rings (SSSR count). The molecule has 1 atom stereocenters. The van der Waals surface area contributed by atoms with Crippen molar-refractivity contribution >= 4 is 35.1 Å². The van der Waals surface area contributed by atoms with Gasteiger partial charge in [0.15, 0.2) is 0 Å². The molecule has 0 bridgehead atoms. The molecule has 0 heterocycles. The van der Waals surface area contributed by atoms with E-state index in [1.807, 2.05) is 12.1 Å². The van der Waals surface area contributed by atoms with Gasteiger partial charge in [-0.2, -0.15) is 0 Å². The van der Waals surface area contributed by atoms with Gasteiger partial charge in [-0.05, 0) is 48.2 Å². The fourth-order valence-corrected chi connectivity index (χ4v) is 4.22. The third kappa shape index (κ3) is 5.74. The maximum atomic E-state index is 12.9. The van der Waals surface area contributed by atoms with E-state index < -0.39 is 12.0 Å². The molecule has 1 aliphatic rings. The van der Waals surface area contributed by atoms with Crippen LogP contribution >= 0.6 is 23.2 Å². The first-order chi connectivity index (χ1) is 14.0. The molecule has 1 saturated carbocycles. The van der Waals surface area contributed by atoms with Crippen LogP contribution in [0.5, 0.6) is 0 Å². The van der Waals surface area contributed by atoms with E-state index >= 15 is 0 Å². The number of carbonyl (C=O) groups excluding carboxylic acids is 2. The average Bonchev–Trinajstić information content (AvgIpc) is 2.74. The minimum Gasteiger partial charge on any atom is -0.467 e. The molecule has 154 valence electrons. The van der Waals surface area contributed by atoms with E-state index in [9.17, 15) is 9.59 Å². The summed E-state index contributed by atoms with van der Waals surface area (Å²) in [5.74, 6) is -0.290. The van der Waals surface area contributed by atoms with E-state index in [-0.39, 0.29) is 5.91 Å². The molecule has 29 heavy (non-hydrogen) atoms. The molecule has 1 N–H and O–H groups in total. The monoisotopic (exact) mass is 433 g/mol. The minimum atomic E-state index is -0.648. The zero-order valence-electron chi connectivity index (χ0n) is 16.4. The third-order valence-electron chi connectivity index (χ3n) is 5.47. The van der Waals surface area contributed by atoms with Gasteiger partial charge in [-0.3, -0.25) is 4.79 Å². The first kappa shape index (κ1) is 21.7. The Labute approximate surface area is 181 Å². The van der Waals surface area contributed by atoms with Crippen molar-refractivity contribution in [1.29, 1.82) is 0 Å². The van der Waals surface area contributed by atoms with Crippen LogP contribution in [0.25, 0.3) is 11.1 Å². The molecule has 1 fully saturated rings. The van der Waals surface area contributed by atoms with Crippen LogP contribution in [0.1, 0.15) is 48.9 Å². The molecular weight excluding hydrogens is 409 g/mol. The lowest BCUT2D eigenvalue weighted by atomic mass is 9.84. The first-order valence-electron chi connectivity index (χ1n) is 9.92. The summed E-state index contributed by atoms with van der Waals surface area (Å²) in [6.07, 6.45) is 6.37. The average molecular weight is 434 g/mol. The van der Waals surface area contributed by atoms with Crippen LogP contribution < -0.4 is 5.32 Å². The third-order valence-corrected chi connectivity index (χ3v) is 6.05. The fraction of sp³-hybridized carbons (Fsp3) is 0.391. The second-order valence-electron chi connectivity index (χ2n) is 7.49. The number of hydrogen-bond acceptors (Lipinski definition) is 3. The van der Waals surface area contributed by atoms with Gasteiger partial charge >= 0.3 is 5.97 Å². The van der Waals surface area contributed by atoms with Crippen LogP contribution in [0.3, 0.4) is 0 Å². The zero-order valence-corrected chi connectivity index (χ0v) is 17.9. The summed E-state index contributed by atoms with van der Waals surface area (Å²) < 4.78 is 4.93. The number of carbonyl (C=O) groups is 2. The predicted octanol–water partition coefficient (Wildman–Crippen LogP) is 5.90. The lowest BCUT2D eigenvalue weighted by Gasteiger charge is -2.25. The standard InChI is InChI=1S/C23H25Cl2NO3/c1-29-23(28)21(13-15-5-3-2-4-6-15)26-22(27)17-9-12-20(25)19(14-17)16-7-10-18(24)11-8-16/h7-12,14-15,21H,2-6,13H2,1H3,(H,26,27)/t21-/m0/s1. The SMILES string of the molecule is COC(=O)[C@H](CC1CCCCC1)NC(=O)c1ccc(Cl)c(-c2ccc(Cl)cc2)c1. The summed E-state index contributed by atoms with van der Waals surface area (Å²) in [6.45, 7) is 0. The summed E-state index contributed by atoms with van der Waals surface area (Å²) in [5.41, 5.74) is 2.04. The number of hydrogen-bond donors (Lipinski definition) is 1. The lowest BCUT2D eigenvalue weighted by molar-refractivity contribution is -0.143. The van der Waals surface area contributed by atoms with Crippen LogP contribution in [0.2, 0.25) is 10.0 Å². The van der Waals surface area contributed by atoms with Gasteiger partial charge in [0.1, 0.15) is 6.04 Å². The summed E-state index contributed by atoms with van der Waals surface area (Å²) in [4.78, 5) is 25.1. The van der Waals surface area contributed by atoms with Gasteiger partial charge in [0.05, 0.1) is 7.11 Å². The van der Waals surface area contributed by atoms with Crippen molar-refractivity contribution in [3.63, 3.8) is 0 Å². The predicted molar refractivity (Wildman–Crippen MR) is 116 cm³/mol. The molecular formula is C23H25Cl2NO3. The molecule has 0 radical (unpaired) electrons. The Bertz CT molecular complexity index is 861. The van der Waals surface area contributed by atoms with Crippen LogP contribution in [0, 0.1) is 5.92 Å². The number of amides is 1. The summed E-state index contributed by atoms with van der Waals surface area (Å²) >= 11 is 12.3. The highest BCUT2D eigenvalue weighted by molar-refractivity contribution is 6.33. The van der Waals surface area contributed by atoms with E-state index in [1.54, 1.807) is 30.3 Å². The van der Waals surface area contributed by atoms with Crippen LogP contribution in [0.15, 0.2) is 42.5 Å². The smallest absolute Gasteiger partial charge is 0.328 e. The quantitative estimate of drug-likeness (QED) is 0.576. The van der Waals surface area contributed by atoms with Crippen LogP contribution in [-0.2, 0) is 9.53 Å². The van der Waals surface area contributed by atoms with E-state index in [0.29, 0.717) is 27.9 Å². The van der Waals surface area contributed by atoms with Gasteiger partial charge in [0.25, 0.3) is 5.91 Å². The molecule has 0 unspecified atom stereocenters. The van der Waals surface area contributed by atoms with E-state index in [0.717, 1.165) is 24.0 Å². The maximum Gasteiger partial charge on any atom is 0.328 e. The Hall–Kier alpha value is -2.04. The Morgan fingerprint density at radius 1 is 1.07 bits per heavy atom. The first-order valence-corrected chi connectivity index (χ1v) is 10.7. The largest absolute Gasteiger partial charge is 0.467 e. The van der Waals surface area contributed by atoms with Gasteiger partial charge < -0.3 is 10.1 Å². The molecule has 1 amide bonds. The molecule has 2 aromatic carbocycles. The van der Waals surface area contributed by atoms with E-state index in [2.05, 4.69) is 5.32 Å². The summed E-state index contributed by atoms with van der Waals surface area (Å²) in [5, 5.41) is 4.03. The van der Waals surface area contributed by atoms with Gasteiger partial charge in [0.2, 0.25) is 0 Å². The Morgan fingerprint density at radius 2 is 1.76 bits per heavy atom. The van der Waals surface area contributed by atoms with Gasteiger partial charge in [0, 0.05) is 21.2 Å². The molecule has 6 heteroatoms. The number of methoxy groups -OCH3 is 1. The van der Waals surface area contributed by atoms with Gasteiger partial charge in [-0.1, -0.05) is 67.4 Å². The molecule has 0 spiro atoms. The van der Waals surface area contributed by atoms with Crippen molar-refractivity contribution in [2.45, 2.75) is 44.6 Å². The number of benzene rings is 2. The number of ether oxygens (including phenoxy) is 1. The highest BCUT2D eigenvalue weighted by Gasteiger charge is 2.27. The number of nitrogens with one attached hydrogen (secondary N) is 1. The summed E-state index contributed by atoms with van der Waals surface area (Å²) in [7, 11) is 1.35. The number of rotatable bonds is 6. The van der Waals surface area contributed by atoms with Gasteiger partial charge in [-0.15, -0.1) is 0 Å². The fourth-order valence-electron chi connectivity index (χ4n) is 3.87. The second kappa shape index (κ2) is 10.1. The Morgan fingerprint density at radius 3 is 2.41 bits per heavy atom. The highest BCUT2D eigenvalue weighted by Crippen LogP contribution is 2.30. The summed E-state index contributed by atoms with van der Waals surface area (Å²) in [6, 6.07) is 11.7. The van der Waals surface area contributed by atoms with Crippen LogP contribution in [0.4, 0.5) is 0 Å². The lowest BCUT2D eigenvalue weighted by Crippen LogP contribution is -2.43. The second-order valence-corrected chi connectivity index (χ2v) is 8.33. The normalized spacial score (nSPS) is 15.6. The van der Waals surface area contributed by atoms with Crippen molar-refractivity contribution in [2.75, 3.05) is 7.11 Å². The number of esters is 1. The Kier molecular flexibility index (Phi) is 7.57. The van der Waals surface area contributed by atoms with Crippen molar-refractivity contribution < 1.29 is 14.3 Å². The molecule has 0 aliphatic heterocycles. The molecule has 0 aromatic heterocycles. The zero-order chi connectivity index (χ0) is 20.8. The molecule has 0 saturated heterocycles. The van der Waals surface area contributed by atoms with Crippen molar-refractivity contribution in [2.24, 2.45) is 5.92 Å². The molecule has 2 aromatic rings. The van der Waals surface area contributed by atoms with E-state index in [4.69, 9.17) is 27.9 Å². The molecule has 1 aliphatic carbocycles. The maximum absolute atomic E-state index is 12.9. The van der Waals surface area contributed by atoms with Crippen molar-refractivity contribution in [1.82, 2.24) is 5.32 Å². The van der Waals surface area contributed by atoms with E-state index in [1.165, 1.54) is 26.4 Å².